The topological polar surface area (TPSA) is 52.9 Å². The van der Waals surface area contributed by atoms with Gasteiger partial charge in [0.25, 0.3) is 0 Å². The van der Waals surface area contributed by atoms with Gasteiger partial charge in [-0.15, -0.1) is 11.3 Å². The lowest BCUT2D eigenvalue weighted by atomic mass is 9.99. The van der Waals surface area contributed by atoms with Crippen LogP contribution in [0.3, 0.4) is 0 Å². The zero-order valence-electron chi connectivity index (χ0n) is 11.9. The quantitative estimate of drug-likeness (QED) is 0.769. The van der Waals surface area contributed by atoms with E-state index in [1.807, 2.05) is 17.5 Å². The molecule has 4 nitrogen and oxygen atoms in total. The van der Waals surface area contributed by atoms with Crippen LogP contribution in [0.25, 0.3) is 0 Å². The molecule has 1 fully saturated rings. The summed E-state index contributed by atoms with van der Waals surface area (Å²) in [7, 11) is 0. The Kier molecular flexibility index (Phi) is 6.96. The van der Waals surface area contributed by atoms with Crippen LogP contribution in [0.1, 0.15) is 30.6 Å². The summed E-state index contributed by atoms with van der Waals surface area (Å²) in [5.74, 6) is 0. The van der Waals surface area contributed by atoms with Crippen molar-refractivity contribution < 1.29 is 14.9 Å². The maximum absolute atomic E-state index is 10.1. The molecule has 1 saturated heterocycles. The summed E-state index contributed by atoms with van der Waals surface area (Å²) < 4.78 is 5.56. The number of aliphatic hydroxyl groups is 2. The van der Waals surface area contributed by atoms with Gasteiger partial charge in [0.15, 0.2) is 0 Å². The molecular formula is C15H25NO3S. The number of ether oxygens (including phenoxy) is 1. The van der Waals surface area contributed by atoms with E-state index in [-0.39, 0.29) is 6.61 Å². The number of piperidine rings is 1. The molecule has 1 aromatic heterocycles. The number of thiophene rings is 1. The summed E-state index contributed by atoms with van der Waals surface area (Å²) in [5.41, 5.74) is 0. The van der Waals surface area contributed by atoms with Crippen molar-refractivity contribution in [2.45, 2.75) is 44.4 Å². The zero-order valence-corrected chi connectivity index (χ0v) is 12.7. The Hall–Kier alpha value is -0.460. The second kappa shape index (κ2) is 8.74. The summed E-state index contributed by atoms with van der Waals surface area (Å²) in [6.07, 6.45) is 3.90. The fraction of sp³-hybridized carbons (Fsp3) is 0.733. The van der Waals surface area contributed by atoms with Crippen LogP contribution >= 0.6 is 11.3 Å². The largest absolute Gasteiger partial charge is 0.396 e. The number of rotatable bonds is 8. The molecule has 1 aliphatic rings. The van der Waals surface area contributed by atoms with Gasteiger partial charge in [-0.25, -0.2) is 0 Å². The minimum Gasteiger partial charge on any atom is -0.396 e. The lowest BCUT2D eigenvalue weighted by molar-refractivity contribution is -0.00546. The number of β-amino-alcohol motifs (C(OH)–C–C–N with tert-alkyl or cyclic N) is 1. The summed E-state index contributed by atoms with van der Waals surface area (Å²) in [5, 5.41) is 21.2. The smallest absolute Gasteiger partial charge is 0.0900 e. The molecule has 0 aliphatic carbocycles. The summed E-state index contributed by atoms with van der Waals surface area (Å²) in [6, 6.07) is 4.46. The van der Waals surface area contributed by atoms with Gasteiger partial charge >= 0.3 is 0 Å². The molecule has 1 aliphatic heterocycles. The van der Waals surface area contributed by atoms with Crippen molar-refractivity contribution in [3.05, 3.63) is 22.4 Å². The Morgan fingerprint density at radius 2 is 2.35 bits per heavy atom. The van der Waals surface area contributed by atoms with E-state index in [0.717, 1.165) is 19.4 Å². The fourth-order valence-electron chi connectivity index (χ4n) is 2.79. The standard InChI is InChI=1S/C15H25NO3S/c17-8-6-13-4-1-2-7-16(13)10-14(18)11-19-12-15-5-3-9-20-15/h3,5,9,13-14,17-18H,1-2,4,6-8,10-12H2. The second-order valence-electron chi connectivity index (χ2n) is 5.41. The van der Waals surface area contributed by atoms with Gasteiger partial charge in [-0.05, 0) is 37.3 Å². The Labute approximate surface area is 125 Å². The third-order valence-corrected chi connectivity index (χ3v) is 4.64. The average molecular weight is 299 g/mol. The van der Waals surface area contributed by atoms with E-state index in [1.54, 1.807) is 11.3 Å². The molecule has 2 atom stereocenters. The van der Waals surface area contributed by atoms with Crippen LogP contribution in [0.2, 0.25) is 0 Å². The predicted octanol–water partition coefficient (Wildman–Crippen LogP) is 1.86. The van der Waals surface area contributed by atoms with Gasteiger partial charge in [0, 0.05) is 24.1 Å². The molecule has 0 saturated carbocycles. The molecule has 0 bridgehead atoms. The first-order valence-electron chi connectivity index (χ1n) is 7.42. The van der Waals surface area contributed by atoms with Crippen LogP contribution in [0.4, 0.5) is 0 Å². The predicted molar refractivity (Wildman–Crippen MR) is 80.9 cm³/mol. The first-order valence-corrected chi connectivity index (χ1v) is 8.30. The van der Waals surface area contributed by atoms with Gasteiger partial charge in [0.1, 0.15) is 0 Å². The van der Waals surface area contributed by atoms with E-state index in [0.29, 0.717) is 25.8 Å². The molecule has 0 aromatic carbocycles. The van der Waals surface area contributed by atoms with Crippen LogP contribution in [0.5, 0.6) is 0 Å². The number of aliphatic hydroxyl groups excluding tert-OH is 2. The maximum atomic E-state index is 10.1. The number of hydrogen-bond acceptors (Lipinski definition) is 5. The third kappa shape index (κ3) is 5.14. The number of likely N-dealkylation sites (tertiary alicyclic amines) is 1. The minimum absolute atomic E-state index is 0.228. The van der Waals surface area contributed by atoms with E-state index < -0.39 is 6.10 Å². The van der Waals surface area contributed by atoms with Crippen molar-refractivity contribution in [1.29, 1.82) is 0 Å². The molecule has 5 heteroatoms. The lowest BCUT2D eigenvalue weighted by Crippen LogP contribution is -2.45. The van der Waals surface area contributed by atoms with E-state index in [4.69, 9.17) is 9.84 Å². The van der Waals surface area contributed by atoms with Gasteiger partial charge in [0.2, 0.25) is 0 Å². The molecule has 2 heterocycles. The van der Waals surface area contributed by atoms with E-state index in [2.05, 4.69) is 4.90 Å². The van der Waals surface area contributed by atoms with Crippen molar-refractivity contribution in [3.63, 3.8) is 0 Å². The van der Waals surface area contributed by atoms with Crippen LogP contribution < -0.4 is 0 Å². The van der Waals surface area contributed by atoms with E-state index in [9.17, 15) is 5.11 Å². The van der Waals surface area contributed by atoms with Crippen molar-refractivity contribution in [1.82, 2.24) is 4.90 Å². The molecular weight excluding hydrogens is 274 g/mol. The number of hydrogen-bond donors (Lipinski definition) is 2. The van der Waals surface area contributed by atoms with Crippen molar-refractivity contribution in [2.24, 2.45) is 0 Å². The van der Waals surface area contributed by atoms with Crippen molar-refractivity contribution >= 4 is 11.3 Å². The third-order valence-electron chi connectivity index (χ3n) is 3.79. The summed E-state index contributed by atoms with van der Waals surface area (Å²) >= 11 is 1.67. The molecule has 20 heavy (non-hydrogen) atoms. The molecule has 2 N–H and O–H groups in total. The highest BCUT2D eigenvalue weighted by atomic mass is 32.1. The van der Waals surface area contributed by atoms with Gasteiger partial charge in [-0.2, -0.15) is 0 Å². The SMILES string of the molecule is OCCC1CCCCN1CC(O)COCc1cccs1. The van der Waals surface area contributed by atoms with Crippen molar-refractivity contribution in [2.75, 3.05) is 26.3 Å². The Bertz CT molecular complexity index is 356. The monoisotopic (exact) mass is 299 g/mol. The van der Waals surface area contributed by atoms with Crippen LogP contribution in [0, 0.1) is 0 Å². The molecule has 0 spiro atoms. The van der Waals surface area contributed by atoms with Crippen LogP contribution in [0.15, 0.2) is 17.5 Å². The van der Waals surface area contributed by atoms with Gasteiger partial charge in [-0.3, -0.25) is 4.90 Å². The number of nitrogens with zero attached hydrogens (tertiary/aromatic N) is 1. The first-order chi connectivity index (χ1) is 9.79. The molecule has 1 aromatic rings. The van der Waals surface area contributed by atoms with E-state index >= 15 is 0 Å². The first kappa shape index (κ1) is 15.9. The normalized spacial score (nSPS) is 22.0. The highest BCUT2D eigenvalue weighted by Crippen LogP contribution is 2.19. The van der Waals surface area contributed by atoms with Gasteiger partial charge in [0.05, 0.1) is 19.3 Å². The molecule has 0 radical (unpaired) electrons. The van der Waals surface area contributed by atoms with Crippen LogP contribution in [-0.2, 0) is 11.3 Å². The Morgan fingerprint density at radius 3 is 3.10 bits per heavy atom. The molecule has 2 rings (SSSR count). The molecule has 114 valence electrons. The zero-order chi connectivity index (χ0) is 14.2. The fourth-order valence-corrected chi connectivity index (χ4v) is 3.43. The lowest BCUT2D eigenvalue weighted by Gasteiger charge is -2.36. The summed E-state index contributed by atoms with van der Waals surface area (Å²) in [4.78, 5) is 3.49. The Balaban J connectivity index is 1.68. The highest BCUT2D eigenvalue weighted by Gasteiger charge is 2.23. The maximum Gasteiger partial charge on any atom is 0.0900 e. The van der Waals surface area contributed by atoms with Gasteiger partial charge in [-0.1, -0.05) is 12.5 Å². The van der Waals surface area contributed by atoms with Gasteiger partial charge < -0.3 is 14.9 Å². The molecule has 2 unspecified atom stereocenters. The average Bonchev–Trinajstić information content (AvgIpc) is 2.94. The van der Waals surface area contributed by atoms with Crippen LogP contribution in [-0.4, -0.2) is 53.6 Å². The Morgan fingerprint density at radius 1 is 1.45 bits per heavy atom. The second-order valence-corrected chi connectivity index (χ2v) is 6.44. The molecule has 0 amide bonds. The minimum atomic E-state index is -0.450. The highest BCUT2D eigenvalue weighted by molar-refractivity contribution is 7.09. The van der Waals surface area contributed by atoms with Crippen molar-refractivity contribution in [3.8, 4) is 0 Å². The van der Waals surface area contributed by atoms with E-state index in [1.165, 1.54) is 17.7 Å². The summed E-state index contributed by atoms with van der Waals surface area (Å²) in [6.45, 7) is 2.85.